The third-order valence-electron chi connectivity index (χ3n) is 5.65. The van der Waals surface area contributed by atoms with Crippen LogP contribution in [0.5, 0.6) is 0 Å². The summed E-state index contributed by atoms with van der Waals surface area (Å²) in [6, 6.07) is 19.7. The molecule has 156 valence electrons. The molecule has 1 aliphatic heterocycles. The summed E-state index contributed by atoms with van der Waals surface area (Å²) >= 11 is 0. The van der Waals surface area contributed by atoms with Gasteiger partial charge < -0.3 is 14.6 Å². The second kappa shape index (κ2) is 9.57. The highest BCUT2D eigenvalue weighted by molar-refractivity contribution is 5.84. The molecule has 0 radical (unpaired) electrons. The average Bonchev–Trinajstić information content (AvgIpc) is 3.30. The normalized spacial score (nSPS) is 16.1. The molecule has 1 amide bonds. The number of hydrogen-bond donors (Lipinski definition) is 1. The molecule has 1 aliphatic rings. The van der Waals surface area contributed by atoms with E-state index in [1.54, 1.807) is 0 Å². The van der Waals surface area contributed by atoms with Crippen LogP contribution >= 0.6 is 0 Å². The van der Waals surface area contributed by atoms with Crippen molar-refractivity contribution in [1.29, 1.82) is 0 Å². The third-order valence-corrected chi connectivity index (χ3v) is 5.65. The standard InChI is InChI=1S/C24H28N4O2/c1-2-20(18-12-6-3-7-13-18)22(29)25-21(19-14-8-4-9-15-19)23-26-27-24(30-23)28-16-10-5-11-17-28/h3-4,6-9,12-15,20-21H,2,5,10-11,16-17H2,1H3,(H,25,29)/t20-,21+/m0/s1. The number of piperidine rings is 1. The zero-order valence-corrected chi connectivity index (χ0v) is 17.3. The van der Waals surface area contributed by atoms with Crippen LogP contribution in [0.15, 0.2) is 65.1 Å². The minimum absolute atomic E-state index is 0.0460. The van der Waals surface area contributed by atoms with Crippen molar-refractivity contribution in [2.24, 2.45) is 0 Å². The van der Waals surface area contributed by atoms with Crippen LogP contribution in [0.3, 0.4) is 0 Å². The van der Waals surface area contributed by atoms with E-state index in [2.05, 4.69) is 20.4 Å². The number of nitrogens with one attached hydrogen (secondary N) is 1. The molecule has 2 heterocycles. The van der Waals surface area contributed by atoms with Crippen LogP contribution in [0.2, 0.25) is 0 Å². The van der Waals surface area contributed by atoms with Gasteiger partial charge in [0.1, 0.15) is 6.04 Å². The molecule has 1 fully saturated rings. The van der Waals surface area contributed by atoms with Crippen LogP contribution in [-0.2, 0) is 4.79 Å². The van der Waals surface area contributed by atoms with E-state index in [4.69, 9.17) is 4.42 Å². The van der Waals surface area contributed by atoms with Gasteiger partial charge in [0.05, 0.1) is 5.92 Å². The highest BCUT2D eigenvalue weighted by atomic mass is 16.4. The number of amides is 1. The Labute approximate surface area is 177 Å². The highest BCUT2D eigenvalue weighted by Gasteiger charge is 2.28. The van der Waals surface area contributed by atoms with Crippen molar-refractivity contribution in [3.8, 4) is 0 Å². The Morgan fingerprint density at radius 2 is 1.60 bits per heavy atom. The SMILES string of the molecule is CC[C@H](C(=O)N[C@H](c1ccccc1)c1nnc(N2CCCCC2)o1)c1ccccc1. The fraction of sp³-hybridized carbons (Fsp3) is 0.375. The summed E-state index contributed by atoms with van der Waals surface area (Å²) < 4.78 is 6.05. The molecular weight excluding hydrogens is 376 g/mol. The highest BCUT2D eigenvalue weighted by Crippen LogP contribution is 2.27. The molecule has 0 aliphatic carbocycles. The number of aromatic nitrogens is 2. The second-order valence-corrected chi connectivity index (χ2v) is 7.69. The van der Waals surface area contributed by atoms with Crippen LogP contribution in [0.1, 0.15) is 61.6 Å². The number of hydrogen-bond acceptors (Lipinski definition) is 5. The number of nitrogens with zero attached hydrogens (tertiary/aromatic N) is 3. The molecule has 2 atom stereocenters. The zero-order chi connectivity index (χ0) is 20.8. The predicted octanol–water partition coefficient (Wildman–Crippen LogP) is 4.46. The molecule has 6 heteroatoms. The van der Waals surface area contributed by atoms with Crippen LogP contribution in [0, 0.1) is 0 Å². The molecule has 0 saturated carbocycles. The first-order chi connectivity index (χ1) is 14.8. The Balaban J connectivity index is 1.59. The van der Waals surface area contributed by atoms with Crippen molar-refractivity contribution in [3.63, 3.8) is 0 Å². The number of carbonyl (C=O) groups excluding carboxylic acids is 1. The van der Waals surface area contributed by atoms with Gasteiger partial charge in [0.15, 0.2) is 0 Å². The fourth-order valence-corrected chi connectivity index (χ4v) is 3.99. The van der Waals surface area contributed by atoms with Gasteiger partial charge in [-0.1, -0.05) is 72.7 Å². The van der Waals surface area contributed by atoms with E-state index in [1.165, 1.54) is 6.42 Å². The number of anilines is 1. The number of rotatable bonds is 7. The lowest BCUT2D eigenvalue weighted by Gasteiger charge is -2.24. The minimum atomic E-state index is -0.484. The summed E-state index contributed by atoms with van der Waals surface area (Å²) in [5.41, 5.74) is 1.92. The van der Waals surface area contributed by atoms with Gasteiger partial charge in [-0.15, -0.1) is 5.10 Å². The Morgan fingerprint density at radius 1 is 0.967 bits per heavy atom. The summed E-state index contributed by atoms with van der Waals surface area (Å²) in [7, 11) is 0. The molecule has 2 aromatic carbocycles. The van der Waals surface area contributed by atoms with Crippen molar-refractivity contribution >= 4 is 11.9 Å². The summed E-state index contributed by atoms with van der Waals surface area (Å²) in [4.78, 5) is 15.4. The van der Waals surface area contributed by atoms with Gasteiger partial charge in [-0.05, 0) is 36.8 Å². The summed E-state index contributed by atoms with van der Waals surface area (Å²) in [5, 5.41) is 11.7. The maximum atomic E-state index is 13.2. The lowest BCUT2D eigenvalue weighted by molar-refractivity contribution is -0.123. The predicted molar refractivity (Wildman–Crippen MR) is 116 cm³/mol. The van der Waals surface area contributed by atoms with Gasteiger partial charge in [0.2, 0.25) is 11.8 Å². The maximum Gasteiger partial charge on any atom is 0.318 e. The van der Waals surface area contributed by atoms with Gasteiger partial charge in [-0.2, -0.15) is 0 Å². The Kier molecular flexibility index (Phi) is 6.42. The van der Waals surface area contributed by atoms with Crippen LogP contribution in [0.25, 0.3) is 0 Å². The number of benzene rings is 2. The topological polar surface area (TPSA) is 71.3 Å². The molecule has 1 saturated heterocycles. The molecule has 1 N–H and O–H groups in total. The minimum Gasteiger partial charge on any atom is -0.405 e. The first-order valence-corrected chi connectivity index (χ1v) is 10.7. The molecule has 30 heavy (non-hydrogen) atoms. The summed E-state index contributed by atoms with van der Waals surface area (Å²) in [5.74, 6) is 0.134. The number of carbonyl (C=O) groups is 1. The van der Waals surface area contributed by atoms with Gasteiger partial charge >= 0.3 is 6.01 Å². The molecular formula is C24H28N4O2. The lowest BCUT2D eigenvalue weighted by atomic mass is 9.95. The van der Waals surface area contributed by atoms with E-state index in [-0.39, 0.29) is 11.8 Å². The zero-order valence-electron chi connectivity index (χ0n) is 17.3. The van der Waals surface area contributed by atoms with Gasteiger partial charge in [0.25, 0.3) is 0 Å². The third kappa shape index (κ3) is 4.53. The molecule has 0 unspecified atom stereocenters. The molecule has 6 nitrogen and oxygen atoms in total. The van der Waals surface area contributed by atoms with Crippen molar-refractivity contribution in [1.82, 2.24) is 15.5 Å². The Morgan fingerprint density at radius 3 is 2.23 bits per heavy atom. The molecule has 0 bridgehead atoms. The van der Waals surface area contributed by atoms with Crippen LogP contribution < -0.4 is 10.2 Å². The molecule has 3 aromatic rings. The lowest BCUT2D eigenvalue weighted by Crippen LogP contribution is -2.33. The summed E-state index contributed by atoms with van der Waals surface area (Å²) in [6.45, 7) is 3.88. The molecule has 0 spiro atoms. The van der Waals surface area contributed by atoms with E-state index in [0.717, 1.165) is 37.1 Å². The van der Waals surface area contributed by atoms with Crippen LogP contribution in [-0.4, -0.2) is 29.2 Å². The van der Waals surface area contributed by atoms with Gasteiger partial charge in [0, 0.05) is 13.1 Å². The van der Waals surface area contributed by atoms with E-state index in [0.29, 0.717) is 18.3 Å². The van der Waals surface area contributed by atoms with Crippen molar-refractivity contribution in [3.05, 3.63) is 77.7 Å². The monoisotopic (exact) mass is 404 g/mol. The average molecular weight is 405 g/mol. The quantitative estimate of drug-likeness (QED) is 0.629. The smallest absolute Gasteiger partial charge is 0.318 e. The summed E-state index contributed by atoms with van der Waals surface area (Å²) in [6.07, 6.45) is 4.20. The molecule has 1 aromatic heterocycles. The molecule has 4 rings (SSSR count). The van der Waals surface area contributed by atoms with E-state index < -0.39 is 6.04 Å². The van der Waals surface area contributed by atoms with Gasteiger partial charge in [-0.25, -0.2) is 0 Å². The van der Waals surface area contributed by atoms with E-state index >= 15 is 0 Å². The van der Waals surface area contributed by atoms with E-state index in [1.807, 2.05) is 67.6 Å². The van der Waals surface area contributed by atoms with Gasteiger partial charge in [-0.3, -0.25) is 4.79 Å². The van der Waals surface area contributed by atoms with Crippen molar-refractivity contribution < 1.29 is 9.21 Å². The Bertz CT molecular complexity index is 936. The van der Waals surface area contributed by atoms with E-state index in [9.17, 15) is 4.79 Å². The second-order valence-electron chi connectivity index (χ2n) is 7.69. The first kappa shape index (κ1) is 20.1. The first-order valence-electron chi connectivity index (χ1n) is 10.7. The maximum absolute atomic E-state index is 13.2. The van der Waals surface area contributed by atoms with Crippen molar-refractivity contribution in [2.45, 2.75) is 44.6 Å². The van der Waals surface area contributed by atoms with Crippen molar-refractivity contribution in [2.75, 3.05) is 18.0 Å². The Hall–Kier alpha value is -3.15. The van der Waals surface area contributed by atoms with Crippen LogP contribution in [0.4, 0.5) is 6.01 Å². The fourth-order valence-electron chi connectivity index (χ4n) is 3.99. The largest absolute Gasteiger partial charge is 0.405 e.